The molecule has 0 spiro atoms. The van der Waals surface area contributed by atoms with Crippen LogP contribution in [0.3, 0.4) is 0 Å². The number of halogens is 1. The number of nitrogens with one attached hydrogen (secondary N) is 1. The third-order valence-electron chi connectivity index (χ3n) is 2.20. The van der Waals surface area contributed by atoms with Crippen LogP contribution in [0.25, 0.3) is 0 Å². The van der Waals surface area contributed by atoms with Crippen molar-refractivity contribution >= 4 is 17.3 Å². The van der Waals surface area contributed by atoms with Crippen LogP contribution < -0.4 is 10.9 Å². The molecule has 0 bridgehead atoms. The average molecular weight is 230 g/mol. The fourth-order valence-electron chi connectivity index (χ4n) is 1.38. The summed E-state index contributed by atoms with van der Waals surface area (Å²) in [5.41, 5.74) is 0.339. The second-order valence-corrected chi connectivity index (χ2v) is 4.01. The molecule has 84 valence electrons. The fraction of sp³-hybridized carbons (Fsp3) is 0.600. The van der Waals surface area contributed by atoms with Gasteiger partial charge in [0.25, 0.3) is 5.56 Å². The molecule has 0 amide bonds. The molecular formula is C10H16ClN3O. The lowest BCUT2D eigenvalue weighted by atomic mass is 10.2. The first-order chi connectivity index (χ1) is 7.06. The summed E-state index contributed by atoms with van der Waals surface area (Å²) < 4.78 is 1.22. The highest BCUT2D eigenvalue weighted by Crippen LogP contribution is 2.16. The highest BCUT2D eigenvalue weighted by Gasteiger charge is 2.09. The molecule has 0 aliphatic rings. The van der Waals surface area contributed by atoms with Crippen LogP contribution >= 0.6 is 11.6 Å². The van der Waals surface area contributed by atoms with Crippen molar-refractivity contribution in [1.29, 1.82) is 0 Å². The number of nitrogens with zero attached hydrogens (tertiary/aromatic N) is 2. The van der Waals surface area contributed by atoms with Crippen LogP contribution in [-0.2, 0) is 7.05 Å². The molecule has 0 aliphatic carbocycles. The third kappa shape index (κ3) is 2.96. The van der Waals surface area contributed by atoms with Gasteiger partial charge in [0.15, 0.2) is 0 Å². The molecule has 0 saturated heterocycles. The molecule has 1 aromatic heterocycles. The Morgan fingerprint density at radius 3 is 2.93 bits per heavy atom. The van der Waals surface area contributed by atoms with E-state index in [1.165, 1.54) is 4.68 Å². The second kappa shape index (κ2) is 5.16. The molecule has 1 unspecified atom stereocenters. The Morgan fingerprint density at radius 1 is 1.67 bits per heavy atom. The second-order valence-electron chi connectivity index (χ2n) is 3.64. The van der Waals surface area contributed by atoms with Crippen molar-refractivity contribution in [2.45, 2.75) is 32.7 Å². The van der Waals surface area contributed by atoms with Crippen LogP contribution in [0, 0.1) is 0 Å². The van der Waals surface area contributed by atoms with Crippen LogP contribution in [0.4, 0.5) is 5.69 Å². The van der Waals surface area contributed by atoms with Gasteiger partial charge in [0.1, 0.15) is 5.02 Å². The predicted octanol–water partition coefficient (Wildman–Crippen LogP) is 2.03. The summed E-state index contributed by atoms with van der Waals surface area (Å²) in [5, 5.41) is 7.29. The van der Waals surface area contributed by atoms with Crippen molar-refractivity contribution < 1.29 is 0 Å². The topological polar surface area (TPSA) is 46.9 Å². The summed E-state index contributed by atoms with van der Waals surface area (Å²) in [5.74, 6) is 0. The molecule has 0 saturated carbocycles. The standard InChI is InChI=1S/C10H16ClN3O/c1-4-5-7(2)13-8-6-12-14(3)10(15)9(8)11/h6-7,13H,4-5H2,1-3H3. The van der Waals surface area contributed by atoms with E-state index in [9.17, 15) is 4.79 Å². The molecule has 0 aliphatic heterocycles. The zero-order valence-electron chi connectivity index (χ0n) is 9.25. The van der Waals surface area contributed by atoms with Crippen molar-refractivity contribution in [3.8, 4) is 0 Å². The van der Waals surface area contributed by atoms with Crippen molar-refractivity contribution in [2.24, 2.45) is 7.05 Å². The number of aryl methyl sites for hydroxylation is 1. The quantitative estimate of drug-likeness (QED) is 0.860. The molecule has 1 rings (SSSR count). The van der Waals surface area contributed by atoms with E-state index in [4.69, 9.17) is 11.6 Å². The van der Waals surface area contributed by atoms with Crippen molar-refractivity contribution in [3.63, 3.8) is 0 Å². The van der Waals surface area contributed by atoms with Crippen molar-refractivity contribution in [2.75, 3.05) is 5.32 Å². The molecule has 0 fully saturated rings. The number of aromatic nitrogens is 2. The summed E-state index contributed by atoms with van der Waals surface area (Å²) >= 11 is 5.91. The van der Waals surface area contributed by atoms with Gasteiger partial charge in [0.05, 0.1) is 11.9 Å². The third-order valence-corrected chi connectivity index (χ3v) is 2.57. The van der Waals surface area contributed by atoms with E-state index >= 15 is 0 Å². The Kier molecular flexibility index (Phi) is 4.15. The van der Waals surface area contributed by atoms with E-state index in [1.54, 1.807) is 13.2 Å². The van der Waals surface area contributed by atoms with E-state index in [0.717, 1.165) is 12.8 Å². The maximum atomic E-state index is 11.5. The summed E-state index contributed by atoms with van der Waals surface area (Å²) in [6.07, 6.45) is 3.70. The zero-order chi connectivity index (χ0) is 11.4. The number of rotatable bonds is 4. The Hall–Kier alpha value is -1.03. The molecule has 0 aromatic carbocycles. The van der Waals surface area contributed by atoms with Gasteiger partial charge in [-0.05, 0) is 13.3 Å². The van der Waals surface area contributed by atoms with Gasteiger partial charge in [0.2, 0.25) is 0 Å². The minimum absolute atomic E-state index is 0.204. The molecule has 1 N–H and O–H groups in total. The monoisotopic (exact) mass is 229 g/mol. The molecule has 4 nitrogen and oxygen atoms in total. The Balaban J connectivity index is 2.87. The SMILES string of the molecule is CCCC(C)Nc1cnn(C)c(=O)c1Cl. The Morgan fingerprint density at radius 2 is 2.33 bits per heavy atom. The van der Waals surface area contributed by atoms with Crippen LogP contribution in [0.2, 0.25) is 5.02 Å². The first kappa shape index (κ1) is 12.0. The van der Waals surface area contributed by atoms with Gasteiger partial charge in [-0.25, -0.2) is 4.68 Å². The van der Waals surface area contributed by atoms with Gasteiger partial charge in [-0.15, -0.1) is 0 Å². The maximum Gasteiger partial charge on any atom is 0.287 e. The van der Waals surface area contributed by atoms with E-state index < -0.39 is 0 Å². The number of anilines is 1. The van der Waals surface area contributed by atoms with Crippen molar-refractivity contribution in [3.05, 3.63) is 21.6 Å². The van der Waals surface area contributed by atoms with E-state index in [-0.39, 0.29) is 10.6 Å². The smallest absolute Gasteiger partial charge is 0.287 e. The predicted molar refractivity (Wildman–Crippen MR) is 62.5 cm³/mol. The molecule has 15 heavy (non-hydrogen) atoms. The normalized spacial score (nSPS) is 12.5. The lowest BCUT2D eigenvalue weighted by molar-refractivity contribution is 0.679. The van der Waals surface area contributed by atoms with Gasteiger partial charge in [-0.3, -0.25) is 4.79 Å². The van der Waals surface area contributed by atoms with Crippen molar-refractivity contribution in [1.82, 2.24) is 9.78 Å². The van der Waals surface area contributed by atoms with E-state index in [0.29, 0.717) is 11.7 Å². The molecule has 1 atom stereocenters. The summed E-state index contributed by atoms with van der Waals surface area (Å²) in [6.45, 7) is 4.17. The van der Waals surface area contributed by atoms with E-state index in [2.05, 4.69) is 24.3 Å². The highest BCUT2D eigenvalue weighted by molar-refractivity contribution is 6.32. The average Bonchev–Trinajstić information content (AvgIpc) is 2.20. The van der Waals surface area contributed by atoms with Crippen LogP contribution in [0.15, 0.2) is 11.0 Å². The molecule has 5 heteroatoms. The van der Waals surface area contributed by atoms with Gasteiger partial charge >= 0.3 is 0 Å². The minimum Gasteiger partial charge on any atom is -0.380 e. The molecule has 1 aromatic rings. The van der Waals surface area contributed by atoms with Crippen LogP contribution in [-0.4, -0.2) is 15.8 Å². The van der Waals surface area contributed by atoms with Gasteiger partial charge < -0.3 is 5.32 Å². The first-order valence-electron chi connectivity index (χ1n) is 5.04. The van der Waals surface area contributed by atoms with Gasteiger partial charge in [-0.1, -0.05) is 24.9 Å². The van der Waals surface area contributed by atoms with Gasteiger partial charge in [-0.2, -0.15) is 5.10 Å². The lowest BCUT2D eigenvalue weighted by Gasteiger charge is -2.14. The zero-order valence-corrected chi connectivity index (χ0v) is 10.0. The van der Waals surface area contributed by atoms with E-state index in [1.807, 2.05) is 0 Å². The largest absolute Gasteiger partial charge is 0.380 e. The van der Waals surface area contributed by atoms with Gasteiger partial charge in [0, 0.05) is 13.1 Å². The molecular weight excluding hydrogens is 214 g/mol. The Bertz CT molecular complexity index is 389. The minimum atomic E-state index is -0.273. The van der Waals surface area contributed by atoms with Crippen LogP contribution in [0.5, 0.6) is 0 Å². The maximum absolute atomic E-state index is 11.5. The molecule has 1 heterocycles. The Labute approximate surface area is 94.3 Å². The first-order valence-corrected chi connectivity index (χ1v) is 5.42. The fourth-order valence-corrected chi connectivity index (χ4v) is 1.61. The lowest BCUT2D eigenvalue weighted by Crippen LogP contribution is -2.23. The number of hydrogen-bond donors (Lipinski definition) is 1. The highest BCUT2D eigenvalue weighted by atomic mass is 35.5. The molecule has 0 radical (unpaired) electrons. The van der Waals surface area contributed by atoms with Crippen LogP contribution in [0.1, 0.15) is 26.7 Å². The summed E-state index contributed by atoms with van der Waals surface area (Å²) in [7, 11) is 1.58. The summed E-state index contributed by atoms with van der Waals surface area (Å²) in [6, 6.07) is 0.293. The summed E-state index contributed by atoms with van der Waals surface area (Å²) in [4.78, 5) is 11.5. The number of hydrogen-bond acceptors (Lipinski definition) is 3.